The number of likely N-dealkylation sites (tertiary alicyclic amines) is 1. The first kappa shape index (κ1) is 19.2. The minimum Gasteiger partial charge on any atom is -0.407 e. The van der Waals surface area contributed by atoms with Crippen molar-refractivity contribution in [2.75, 3.05) is 18.4 Å². The van der Waals surface area contributed by atoms with Crippen LogP contribution in [-0.4, -0.2) is 30.1 Å². The molecule has 0 spiro atoms. The number of nitrogens with two attached hydrogens (primary N) is 2. The first-order valence-corrected chi connectivity index (χ1v) is 9.77. The molecule has 0 saturated carbocycles. The average molecular weight is 388 g/mol. The van der Waals surface area contributed by atoms with E-state index < -0.39 is 12.1 Å². The Labute approximate surface area is 162 Å². The molecule has 0 aliphatic carbocycles. The maximum Gasteiger partial charge on any atom is 0.410 e. The van der Waals surface area contributed by atoms with Gasteiger partial charge in [0.05, 0.1) is 0 Å². The molecule has 7 nitrogen and oxygen atoms in total. The summed E-state index contributed by atoms with van der Waals surface area (Å²) in [6.07, 6.45) is 2.89. The molecule has 3 rings (SSSR count). The summed E-state index contributed by atoms with van der Waals surface area (Å²) in [4.78, 5) is 25.6. The molecule has 2 heterocycles. The van der Waals surface area contributed by atoms with Gasteiger partial charge in [-0.05, 0) is 44.0 Å². The molecule has 0 radical (unpaired) electrons. The summed E-state index contributed by atoms with van der Waals surface area (Å²) >= 11 is 1.27. The van der Waals surface area contributed by atoms with Crippen LogP contribution in [0.5, 0.6) is 5.75 Å². The summed E-state index contributed by atoms with van der Waals surface area (Å²) in [5.74, 6) is 0.187. The van der Waals surface area contributed by atoms with Crippen LogP contribution in [0.15, 0.2) is 30.3 Å². The van der Waals surface area contributed by atoms with Crippen LogP contribution in [0, 0.1) is 0 Å². The van der Waals surface area contributed by atoms with Crippen LogP contribution in [0.2, 0.25) is 0 Å². The summed E-state index contributed by atoms with van der Waals surface area (Å²) in [6.45, 7) is 4.52. The van der Waals surface area contributed by atoms with E-state index in [-0.39, 0.29) is 5.75 Å². The van der Waals surface area contributed by atoms with Gasteiger partial charge >= 0.3 is 12.1 Å². The van der Waals surface area contributed by atoms with Gasteiger partial charge in [-0.3, -0.25) is 10.2 Å². The number of anilines is 1. The van der Waals surface area contributed by atoms with E-state index in [0.29, 0.717) is 11.0 Å². The monoisotopic (exact) mass is 388 g/mol. The largest absolute Gasteiger partial charge is 0.410 e. The van der Waals surface area contributed by atoms with Crippen LogP contribution < -0.4 is 21.5 Å². The fraction of sp³-hybridized carbons (Fsp3) is 0.368. The zero-order chi connectivity index (χ0) is 19.4. The molecule has 1 atom stereocenters. The Morgan fingerprint density at radius 1 is 1.15 bits per heavy atom. The van der Waals surface area contributed by atoms with E-state index in [2.05, 4.69) is 29.3 Å². The lowest BCUT2D eigenvalue weighted by Gasteiger charge is -2.32. The first-order chi connectivity index (χ1) is 12.9. The Kier molecular flexibility index (Phi) is 5.98. The van der Waals surface area contributed by atoms with Gasteiger partial charge < -0.3 is 16.2 Å². The zero-order valence-electron chi connectivity index (χ0n) is 15.2. The van der Waals surface area contributed by atoms with E-state index in [1.807, 2.05) is 12.1 Å². The number of amides is 3. The molecule has 1 aromatic heterocycles. The highest BCUT2D eigenvalue weighted by Gasteiger charge is 2.19. The molecule has 1 aliphatic rings. The maximum absolute atomic E-state index is 11.2. The van der Waals surface area contributed by atoms with Gasteiger partial charge in [-0.2, -0.15) is 0 Å². The van der Waals surface area contributed by atoms with E-state index in [9.17, 15) is 9.59 Å². The molecule has 1 fully saturated rings. The number of hydrogen-bond donors (Lipinski definition) is 3. The summed E-state index contributed by atoms with van der Waals surface area (Å²) in [7, 11) is 0. The van der Waals surface area contributed by atoms with Crippen LogP contribution in [0.1, 0.15) is 37.8 Å². The van der Waals surface area contributed by atoms with Crippen molar-refractivity contribution in [3.63, 3.8) is 0 Å². The second kappa shape index (κ2) is 8.41. The van der Waals surface area contributed by atoms with E-state index in [4.69, 9.17) is 16.2 Å². The average Bonchev–Trinajstić information content (AvgIpc) is 3.03. The van der Waals surface area contributed by atoms with E-state index in [1.165, 1.54) is 36.2 Å². The molecule has 1 unspecified atom stereocenters. The van der Waals surface area contributed by atoms with Gasteiger partial charge in [-0.15, -0.1) is 11.3 Å². The number of primary amides is 2. The van der Waals surface area contributed by atoms with Crippen molar-refractivity contribution in [3.8, 4) is 16.2 Å². The lowest BCUT2D eigenvalue weighted by atomic mass is 10.0. The SMILES string of the molecule is CC(c1ccc(-c2cc(OC(N)=O)c(NC(N)=O)s2)cc1)N1CCCCC1. The third-order valence-electron chi connectivity index (χ3n) is 4.76. The lowest BCUT2D eigenvalue weighted by molar-refractivity contribution is 0.175. The van der Waals surface area contributed by atoms with Gasteiger partial charge in [0, 0.05) is 17.0 Å². The van der Waals surface area contributed by atoms with Crippen molar-refractivity contribution < 1.29 is 14.3 Å². The van der Waals surface area contributed by atoms with Crippen molar-refractivity contribution in [2.24, 2.45) is 11.5 Å². The predicted molar refractivity (Wildman–Crippen MR) is 107 cm³/mol. The molecule has 144 valence electrons. The third-order valence-corrected chi connectivity index (χ3v) is 5.84. The molecule has 1 saturated heterocycles. The number of urea groups is 1. The fourth-order valence-corrected chi connectivity index (χ4v) is 4.33. The summed E-state index contributed by atoms with van der Waals surface area (Å²) < 4.78 is 4.96. The minimum atomic E-state index is -0.947. The molecule has 27 heavy (non-hydrogen) atoms. The predicted octanol–water partition coefficient (Wildman–Crippen LogP) is 3.91. The quantitative estimate of drug-likeness (QED) is 0.721. The van der Waals surface area contributed by atoms with Crippen LogP contribution in [0.25, 0.3) is 10.4 Å². The number of carbonyl (C=O) groups is 2. The summed E-state index contributed by atoms with van der Waals surface area (Å²) in [6, 6.07) is 9.61. The van der Waals surface area contributed by atoms with Gasteiger partial charge in [0.15, 0.2) is 5.75 Å². The van der Waals surface area contributed by atoms with E-state index in [0.717, 1.165) is 23.5 Å². The van der Waals surface area contributed by atoms with Crippen LogP contribution in [0.4, 0.5) is 14.6 Å². The highest BCUT2D eigenvalue weighted by atomic mass is 32.1. The highest BCUT2D eigenvalue weighted by Crippen LogP contribution is 2.41. The van der Waals surface area contributed by atoms with Crippen LogP contribution >= 0.6 is 11.3 Å². The van der Waals surface area contributed by atoms with Crippen LogP contribution in [-0.2, 0) is 0 Å². The molecule has 8 heteroatoms. The Morgan fingerprint density at radius 3 is 2.41 bits per heavy atom. The number of hydrogen-bond acceptors (Lipinski definition) is 5. The van der Waals surface area contributed by atoms with Crippen molar-refractivity contribution in [1.82, 2.24) is 4.90 Å². The molecule has 2 aromatic rings. The van der Waals surface area contributed by atoms with Gasteiger partial charge in [0.2, 0.25) is 0 Å². The van der Waals surface area contributed by atoms with Gasteiger partial charge in [-0.1, -0.05) is 30.7 Å². The number of nitrogens with one attached hydrogen (secondary N) is 1. The standard InChI is InChI=1S/C19H24N4O3S/c1-12(23-9-3-2-4-10-23)13-5-7-14(8-6-13)16-11-15(26-19(21)25)17(27-16)22-18(20)24/h5-8,11-12H,2-4,9-10H2,1H3,(H2,21,25)(H3,20,22,24). The minimum absolute atomic E-state index is 0.187. The third kappa shape index (κ3) is 4.78. The van der Waals surface area contributed by atoms with Gasteiger partial charge in [-0.25, -0.2) is 9.59 Å². The Balaban J connectivity index is 1.80. The van der Waals surface area contributed by atoms with Crippen molar-refractivity contribution in [3.05, 3.63) is 35.9 Å². The number of ether oxygens (including phenoxy) is 1. The molecular formula is C19H24N4O3S. The molecule has 1 aromatic carbocycles. The van der Waals surface area contributed by atoms with Gasteiger partial charge in [0.25, 0.3) is 0 Å². The first-order valence-electron chi connectivity index (χ1n) is 8.96. The van der Waals surface area contributed by atoms with E-state index >= 15 is 0 Å². The molecule has 1 aliphatic heterocycles. The Hall–Kier alpha value is -2.58. The van der Waals surface area contributed by atoms with Gasteiger partial charge in [0.1, 0.15) is 5.00 Å². The zero-order valence-corrected chi connectivity index (χ0v) is 16.1. The summed E-state index contributed by atoms with van der Waals surface area (Å²) in [5.41, 5.74) is 12.5. The van der Waals surface area contributed by atoms with Crippen molar-refractivity contribution in [1.29, 1.82) is 0 Å². The van der Waals surface area contributed by atoms with E-state index in [1.54, 1.807) is 6.07 Å². The molecular weight excluding hydrogens is 364 g/mol. The normalized spacial score (nSPS) is 15.9. The number of nitrogens with zero attached hydrogens (tertiary/aromatic N) is 1. The number of thiophene rings is 1. The second-order valence-corrected chi connectivity index (χ2v) is 7.66. The number of rotatable bonds is 5. The molecule has 3 amide bonds. The smallest absolute Gasteiger partial charge is 0.407 e. The maximum atomic E-state index is 11.2. The highest BCUT2D eigenvalue weighted by molar-refractivity contribution is 7.20. The Morgan fingerprint density at radius 2 is 1.81 bits per heavy atom. The fourth-order valence-electron chi connectivity index (χ4n) is 3.34. The lowest BCUT2D eigenvalue weighted by Crippen LogP contribution is -2.32. The molecule has 0 bridgehead atoms. The van der Waals surface area contributed by atoms with Crippen molar-refractivity contribution >= 4 is 28.5 Å². The second-order valence-electron chi connectivity index (χ2n) is 6.61. The summed E-state index contributed by atoms with van der Waals surface area (Å²) in [5, 5.41) is 2.81. The Bertz CT molecular complexity index is 779. The molecule has 5 N–H and O–H groups in total. The number of carbonyl (C=O) groups excluding carboxylic acids is 2. The number of benzene rings is 1. The van der Waals surface area contributed by atoms with Crippen molar-refractivity contribution in [2.45, 2.75) is 32.2 Å². The van der Waals surface area contributed by atoms with Crippen LogP contribution in [0.3, 0.4) is 0 Å². The number of piperidine rings is 1. The topological polar surface area (TPSA) is 111 Å².